The van der Waals surface area contributed by atoms with Crippen LogP contribution in [0.3, 0.4) is 0 Å². The highest BCUT2D eigenvalue weighted by Gasteiger charge is 2.55. The van der Waals surface area contributed by atoms with Gasteiger partial charge in [0.1, 0.15) is 0 Å². The highest BCUT2D eigenvalue weighted by atomic mass is 16.2. The lowest BCUT2D eigenvalue weighted by Gasteiger charge is -2.32. The van der Waals surface area contributed by atoms with E-state index in [4.69, 9.17) is 0 Å². The van der Waals surface area contributed by atoms with Crippen molar-refractivity contribution in [2.24, 2.45) is 11.8 Å². The van der Waals surface area contributed by atoms with Gasteiger partial charge in [-0.3, -0.25) is 9.59 Å². The van der Waals surface area contributed by atoms with Crippen molar-refractivity contribution in [1.29, 1.82) is 0 Å². The number of benzene rings is 4. The number of rotatable bonds is 3. The molecule has 2 aliphatic rings. The summed E-state index contributed by atoms with van der Waals surface area (Å²) >= 11 is 0. The summed E-state index contributed by atoms with van der Waals surface area (Å²) in [4.78, 5) is 29.5. The van der Waals surface area contributed by atoms with Crippen LogP contribution in [-0.4, -0.2) is 11.8 Å². The number of hydrogen-bond acceptors (Lipinski definition) is 2. The zero-order valence-corrected chi connectivity index (χ0v) is 18.0. The molecule has 4 aromatic rings. The molecule has 0 unspecified atom stereocenters. The van der Waals surface area contributed by atoms with E-state index in [0.29, 0.717) is 5.69 Å². The molecule has 0 saturated carbocycles. The van der Waals surface area contributed by atoms with Crippen LogP contribution < -0.4 is 4.90 Å². The summed E-state index contributed by atoms with van der Waals surface area (Å²) in [7, 11) is 0. The molecule has 1 saturated heterocycles. The third-order valence-electron chi connectivity index (χ3n) is 7.07. The van der Waals surface area contributed by atoms with Crippen LogP contribution in [0, 0.1) is 11.8 Å². The molecule has 0 aromatic heterocycles. The number of anilines is 1. The fourth-order valence-electron chi connectivity index (χ4n) is 5.57. The Bertz CT molecular complexity index is 1300. The summed E-state index contributed by atoms with van der Waals surface area (Å²) in [5.41, 5.74) is 2.81. The molecule has 1 aliphatic heterocycles. The summed E-state index contributed by atoms with van der Waals surface area (Å²) in [5, 5.41) is 1.93. The molecule has 3 nitrogen and oxygen atoms in total. The number of amides is 2. The number of carbonyl (C=O) groups excluding carboxylic acids is 2. The van der Waals surface area contributed by atoms with Gasteiger partial charge in [-0.25, -0.2) is 4.90 Å². The molecule has 1 heterocycles. The number of fused-ring (bicyclic) bond motifs is 2. The number of hydrogen-bond donors (Lipinski definition) is 0. The average Bonchev–Trinajstić information content (AvgIpc) is 3.14. The van der Waals surface area contributed by atoms with Crippen LogP contribution in [0.5, 0.6) is 0 Å². The molecule has 0 spiro atoms. The van der Waals surface area contributed by atoms with Crippen molar-refractivity contribution >= 4 is 28.3 Å². The van der Waals surface area contributed by atoms with E-state index in [0.717, 1.165) is 21.9 Å². The van der Waals surface area contributed by atoms with Crippen molar-refractivity contribution in [3.63, 3.8) is 0 Å². The smallest absolute Gasteiger partial charge is 0.238 e. The molecule has 2 amide bonds. The second-order valence-corrected chi connectivity index (χ2v) is 8.82. The summed E-state index contributed by atoms with van der Waals surface area (Å²) in [5.74, 6) is -1.36. The van der Waals surface area contributed by atoms with Gasteiger partial charge in [0.05, 0.1) is 17.5 Å². The second kappa shape index (κ2) is 7.86. The first-order valence-electron chi connectivity index (χ1n) is 11.4. The normalized spacial score (nSPS) is 24.3. The Morgan fingerprint density at radius 2 is 1.00 bits per heavy atom. The maximum Gasteiger partial charge on any atom is 0.238 e. The third-order valence-corrected chi connectivity index (χ3v) is 7.07. The molecule has 6 rings (SSSR count). The Labute approximate surface area is 193 Å². The Morgan fingerprint density at radius 3 is 1.58 bits per heavy atom. The molecule has 4 atom stereocenters. The lowest BCUT2D eigenvalue weighted by atomic mass is 9.68. The highest BCUT2D eigenvalue weighted by molar-refractivity contribution is 6.25. The zero-order valence-electron chi connectivity index (χ0n) is 18.0. The average molecular weight is 430 g/mol. The van der Waals surface area contributed by atoms with Crippen molar-refractivity contribution in [2.75, 3.05) is 4.90 Å². The van der Waals surface area contributed by atoms with E-state index >= 15 is 0 Å². The van der Waals surface area contributed by atoms with Gasteiger partial charge in [0.2, 0.25) is 11.8 Å². The monoisotopic (exact) mass is 429 g/mol. The van der Waals surface area contributed by atoms with Crippen molar-refractivity contribution in [2.45, 2.75) is 11.8 Å². The molecule has 1 fully saturated rings. The van der Waals surface area contributed by atoms with Crippen LogP contribution in [0.1, 0.15) is 23.0 Å². The van der Waals surface area contributed by atoms with Crippen LogP contribution in [-0.2, 0) is 9.59 Å². The minimum absolute atomic E-state index is 0.111. The number of allylic oxidation sites excluding steroid dienone is 2. The van der Waals surface area contributed by atoms with Crippen molar-refractivity contribution in [1.82, 2.24) is 0 Å². The predicted molar refractivity (Wildman–Crippen MR) is 131 cm³/mol. The van der Waals surface area contributed by atoms with Gasteiger partial charge in [-0.15, -0.1) is 0 Å². The van der Waals surface area contributed by atoms with E-state index in [1.807, 2.05) is 103 Å². The molecule has 0 N–H and O–H groups in total. The minimum Gasteiger partial charge on any atom is -0.274 e. The van der Waals surface area contributed by atoms with Crippen molar-refractivity contribution < 1.29 is 9.59 Å². The van der Waals surface area contributed by atoms with Gasteiger partial charge in [-0.1, -0.05) is 109 Å². The molecular weight excluding hydrogens is 406 g/mol. The Balaban J connectivity index is 1.52. The van der Waals surface area contributed by atoms with Crippen LogP contribution in [0.2, 0.25) is 0 Å². The molecule has 0 radical (unpaired) electrons. The van der Waals surface area contributed by atoms with E-state index in [1.165, 1.54) is 4.90 Å². The van der Waals surface area contributed by atoms with Gasteiger partial charge in [-0.2, -0.15) is 0 Å². The topological polar surface area (TPSA) is 37.4 Å². The Morgan fingerprint density at radius 1 is 0.515 bits per heavy atom. The number of nitrogens with zero attached hydrogens (tertiary/aromatic N) is 1. The first-order chi connectivity index (χ1) is 16.2. The zero-order chi connectivity index (χ0) is 22.4. The van der Waals surface area contributed by atoms with Crippen LogP contribution in [0.4, 0.5) is 5.69 Å². The standard InChI is InChI=1S/C30H23NO2/c32-29-27-24(21-10-3-1-4-11-21)18-19-25(22-12-5-2-6-13-22)28(27)30(33)31(29)26-17-9-15-20-14-7-8-16-23(20)26/h1-19,24-25,27-28H/t24-,25-,27-,28+/m0/s1. The maximum atomic E-state index is 14.0. The molecular formula is C30H23NO2. The van der Waals surface area contributed by atoms with Gasteiger partial charge in [0.15, 0.2) is 0 Å². The first kappa shape index (κ1) is 19.7. The van der Waals surface area contributed by atoms with Gasteiger partial charge in [0.25, 0.3) is 0 Å². The van der Waals surface area contributed by atoms with Crippen LogP contribution in [0.25, 0.3) is 10.8 Å². The minimum atomic E-state index is -0.436. The van der Waals surface area contributed by atoms with E-state index in [2.05, 4.69) is 12.2 Å². The number of carbonyl (C=O) groups is 2. The van der Waals surface area contributed by atoms with Crippen LogP contribution in [0.15, 0.2) is 115 Å². The predicted octanol–water partition coefficient (Wildman–Crippen LogP) is 6.08. The molecule has 160 valence electrons. The summed E-state index contributed by atoms with van der Waals surface area (Å²) in [6, 6.07) is 33.8. The molecule has 33 heavy (non-hydrogen) atoms. The lowest BCUT2D eigenvalue weighted by molar-refractivity contribution is -0.122. The molecule has 1 aliphatic carbocycles. The SMILES string of the molecule is O=C1[C@@H]2[C@H](C(=O)N1c1cccc3ccccc13)[C@H](c1ccccc1)C=C[C@H]2c1ccccc1. The van der Waals surface area contributed by atoms with Gasteiger partial charge in [-0.05, 0) is 22.6 Å². The van der Waals surface area contributed by atoms with E-state index < -0.39 is 11.8 Å². The van der Waals surface area contributed by atoms with Crippen molar-refractivity contribution in [3.8, 4) is 0 Å². The Kier molecular flexibility index (Phi) is 4.69. The van der Waals surface area contributed by atoms with Gasteiger partial charge < -0.3 is 0 Å². The lowest BCUT2D eigenvalue weighted by Crippen LogP contribution is -2.31. The summed E-state index contributed by atoms with van der Waals surface area (Å²) in [6.45, 7) is 0. The van der Waals surface area contributed by atoms with E-state index in [-0.39, 0.29) is 23.7 Å². The highest BCUT2D eigenvalue weighted by Crippen LogP contribution is 2.50. The Hall–Kier alpha value is -3.98. The first-order valence-corrected chi connectivity index (χ1v) is 11.4. The number of imide groups is 1. The van der Waals surface area contributed by atoms with Crippen molar-refractivity contribution in [3.05, 3.63) is 126 Å². The van der Waals surface area contributed by atoms with Gasteiger partial charge >= 0.3 is 0 Å². The quantitative estimate of drug-likeness (QED) is 0.292. The third kappa shape index (κ3) is 3.12. The van der Waals surface area contributed by atoms with E-state index in [9.17, 15) is 9.59 Å². The fourth-order valence-corrected chi connectivity index (χ4v) is 5.57. The largest absolute Gasteiger partial charge is 0.274 e. The maximum absolute atomic E-state index is 14.0. The second-order valence-electron chi connectivity index (χ2n) is 8.82. The van der Waals surface area contributed by atoms with Gasteiger partial charge in [0, 0.05) is 17.2 Å². The summed E-state index contributed by atoms with van der Waals surface area (Å²) < 4.78 is 0. The summed E-state index contributed by atoms with van der Waals surface area (Å²) in [6.07, 6.45) is 4.26. The molecule has 0 bridgehead atoms. The van der Waals surface area contributed by atoms with E-state index in [1.54, 1.807) is 0 Å². The molecule has 3 heteroatoms. The molecule has 4 aromatic carbocycles. The fraction of sp³-hybridized carbons (Fsp3) is 0.133. The van der Waals surface area contributed by atoms with Crippen LogP contribution >= 0.6 is 0 Å².